The third-order valence-electron chi connectivity index (χ3n) is 2.19. The Bertz CT molecular complexity index is 519. The van der Waals surface area contributed by atoms with Gasteiger partial charge in [-0.3, -0.25) is 9.98 Å². The van der Waals surface area contributed by atoms with E-state index in [9.17, 15) is 0 Å². The fourth-order valence-corrected chi connectivity index (χ4v) is 1.50. The van der Waals surface area contributed by atoms with Gasteiger partial charge in [0.2, 0.25) is 0 Å². The molecule has 0 radical (unpaired) electrons. The number of nitrogens with two attached hydrogens (primary N) is 1. The van der Waals surface area contributed by atoms with Crippen LogP contribution in [0.2, 0.25) is 0 Å². The summed E-state index contributed by atoms with van der Waals surface area (Å²) in [6.07, 6.45) is 1.75. The Labute approximate surface area is 94.2 Å². The summed E-state index contributed by atoms with van der Waals surface area (Å²) in [4.78, 5) is 8.38. The molecule has 4 heteroatoms. The number of anilines is 1. The zero-order valence-corrected chi connectivity index (χ0v) is 9.14. The number of nitrogens with zero attached hydrogens (tertiary/aromatic N) is 2. The van der Waals surface area contributed by atoms with Crippen molar-refractivity contribution in [2.75, 3.05) is 11.9 Å². The Morgan fingerprint density at radius 1 is 1.44 bits per heavy atom. The van der Waals surface area contributed by atoms with Crippen molar-refractivity contribution in [3.8, 4) is 0 Å². The quantitative estimate of drug-likeness (QED) is 0.593. The third-order valence-corrected chi connectivity index (χ3v) is 2.19. The van der Waals surface area contributed by atoms with Gasteiger partial charge < -0.3 is 11.1 Å². The monoisotopic (exact) mass is 214 g/mol. The first kappa shape index (κ1) is 10.4. The minimum absolute atomic E-state index is 0.416. The second kappa shape index (κ2) is 4.61. The Kier molecular flexibility index (Phi) is 3.00. The second-order valence-corrected chi connectivity index (χ2v) is 3.40. The smallest absolute Gasteiger partial charge is 0.193 e. The molecule has 1 aromatic carbocycles. The van der Waals surface area contributed by atoms with Gasteiger partial charge in [0.25, 0.3) is 0 Å². The Morgan fingerprint density at radius 3 is 3.06 bits per heavy atom. The maximum atomic E-state index is 5.67. The molecule has 0 fully saturated rings. The van der Waals surface area contributed by atoms with E-state index >= 15 is 0 Å². The second-order valence-electron chi connectivity index (χ2n) is 3.40. The van der Waals surface area contributed by atoms with Crippen LogP contribution in [0.15, 0.2) is 41.5 Å². The van der Waals surface area contributed by atoms with Crippen LogP contribution in [0, 0.1) is 0 Å². The van der Waals surface area contributed by atoms with Crippen molar-refractivity contribution in [3.63, 3.8) is 0 Å². The summed E-state index contributed by atoms with van der Waals surface area (Å²) < 4.78 is 0. The molecular weight excluding hydrogens is 200 g/mol. The van der Waals surface area contributed by atoms with Crippen LogP contribution in [0.1, 0.15) is 6.92 Å². The van der Waals surface area contributed by atoms with Crippen molar-refractivity contribution < 1.29 is 0 Å². The van der Waals surface area contributed by atoms with Gasteiger partial charge in [-0.05, 0) is 19.1 Å². The fourth-order valence-electron chi connectivity index (χ4n) is 1.50. The molecule has 0 aliphatic heterocycles. The van der Waals surface area contributed by atoms with Crippen LogP contribution in [0.25, 0.3) is 10.9 Å². The van der Waals surface area contributed by atoms with E-state index in [4.69, 9.17) is 5.73 Å². The van der Waals surface area contributed by atoms with Gasteiger partial charge in [-0.25, -0.2) is 0 Å². The first-order valence-corrected chi connectivity index (χ1v) is 5.21. The fraction of sp³-hybridized carbons (Fsp3) is 0.167. The van der Waals surface area contributed by atoms with Crippen LogP contribution in [0.3, 0.4) is 0 Å². The van der Waals surface area contributed by atoms with E-state index in [2.05, 4.69) is 15.3 Å². The van der Waals surface area contributed by atoms with Crippen LogP contribution in [0.5, 0.6) is 0 Å². The van der Waals surface area contributed by atoms with Gasteiger partial charge in [0.1, 0.15) is 0 Å². The number of nitrogens with one attached hydrogen (secondary N) is 1. The Balaban J connectivity index is 2.29. The lowest BCUT2D eigenvalue weighted by molar-refractivity contribution is 1.12. The first-order chi connectivity index (χ1) is 7.79. The lowest BCUT2D eigenvalue weighted by atomic mass is 10.2. The number of benzene rings is 1. The number of aromatic nitrogens is 1. The molecule has 0 aliphatic rings. The SMILES string of the molecule is CCN=C(N)Nc1cnc2ccccc2c1. The van der Waals surface area contributed by atoms with Gasteiger partial charge in [0.15, 0.2) is 5.96 Å². The molecule has 0 saturated heterocycles. The summed E-state index contributed by atoms with van der Waals surface area (Å²) in [5, 5.41) is 4.08. The van der Waals surface area contributed by atoms with E-state index in [0.29, 0.717) is 12.5 Å². The number of fused-ring (bicyclic) bond motifs is 1. The molecule has 82 valence electrons. The molecule has 0 atom stereocenters. The number of rotatable bonds is 2. The standard InChI is InChI=1S/C12H14N4/c1-2-14-12(13)16-10-7-9-5-3-4-6-11(9)15-8-10/h3-8H,2H2,1H3,(H3,13,14,16). The summed E-state index contributed by atoms with van der Waals surface area (Å²) in [5.74, 6) is 0.416. The summed E-state index contributed by atoms with van der Waals surface area (Å²) in [6.45, 7) is 2.60. The highest BCUT2D eigenvalue weighted by atomic mass is 15.1. The molecule has 1 heterocycles. The number of aliphatic imine (C=N–C) groups is 1. The lowest BCUT2D eigenvalue weighted by Gasteiger charge is -2.05. The van der Waals surface area contributed by atoms with Crippen molar-refractivity contribution in [2.24, 2.45) is 10.7 Å². The maximum Gasteiger partial charge on any atom is 0.193 e. The highest BCUT2D eigenvalue weighted by molar-refractivity contribution is 5.94. The minimum Gasteiger partial charge on any atom is -0.370 e. The molecule has 16 heavy (non-hydrogen) atoms. The molecule has 4 nitrogen and oxygen atoms in total. The third kappa shape index (κ3) is 2.28. The summed E-state index contributed by atoms with van der Waals surface area (Å²) >= 11 is 0. The molecule has 0 saturated carbocycles. The molecule has 0 amide bonds. The van der Waals surface area contributed by atoms with Crippen LogP contribution in [0.4, 0.5) is 5.69 Å². The predicted molar refractivity (Wildman–Crippen MR) is 67.5 cm³/mol. The molecule has 0 aliphatic carbocycles. The van der Waals surface area contributed by atoms with Crippen molar-refractivity contribution in [1.29, 1.82) is 0 Å². The maximum absolute atomic E-state index is 5.67. The topological polar surface area (TPSA) is 63.3 Å². The molecule has 2 rings (SSSR count). The van der Waals surface area contributed by atoms with Crippen LogP contribution < -0.4 is 11.1 Å². The zero-order valence-electron chi connectivity index (χ0n) is 9.14. The molecular formula is C12H14N4. The van der Waals surface area contributed by atoms with Gasteiger partial charge in [-0.15, -0.1) is 0 Å². The zero-order chi connectivity index (χ0) is 11.4. The summed E-state index contributed by atoms with van der Waals surface area (Å²) in [5.41, 5.74) is 7.50. The van der Waals surface area contributed by atoms with Crippen molar-refractivity contribution >= 4 is 22.5 Å². The van der Waals surface area contributed by atoms with Gasteiger partial charge in [0.05, 0.1) is 17.4 Å². The molecule has 1 aromatic heterocycles. The van der Waals surface area contributed by atoms with E-state index in [1.54, 1.807) is 6.20 Å². The van der Waals surface area contributed by atoms with Gasteiger partial charge in [0, 0.05) is 11.9 Å². The molecule has 0 spiro atoms. The molecule has 3 N–H and O–H groups in total. The largest absolute Gasteiger partial charge is 0.370 e. The molecule has 0 unspecified atom stereocenters. The number of para-hydroxylation sites is 1. The van der Waals surface area contributed by atoms with Gasteiger partial charge >= 0.3 is 0 Å². The van der Waals surface area contributed by atoms with Crippen molar-refractivity contribution in [1.82, 2.24) is 4.98 Å². The average Bonchev–Trinajstić information content (AvgIpc) is 2.29. The number of guanidine groups is 1. The Hall–Kier alpha value is -2.10. The first-order valence-electron chi connectivity index (χ1n) is 5.21. The van der Waals surface area contributed by atoms with E-state index in [1.807, 2.05) is 37.3 Å². The van der Waals surface area contributed by atoms with Gasteiger partial charge in [-0.1, -0.05) is 18.2 Å². The van der Waals surface area contributed by atoms with E-state index in [1.165, 1.54) is 0 Å². The Morgan fingerprint density at radius 2 is 2.25 bits per heavy atom. The van der Waals surface area contributed by atoms with E-state index in [-0.39, 0.29) is 0 Å². The molecule has 0 bridgehead atoms. The van der Waals surface area contributed by atoms with Crippen molar-refractivity contribution in [3.05, 3.63) is 36.5 Å². The number of hydrogen-bond donors (Lipinski definition) is 2. The normalized spacial score (nSPS) is 11.7. The number of pyridine rings is 1. The van der Waals surface area contributed by atoms with E-state index < -0.39 is 0 Å². The van der Waals surface area contributed by atoms with Crippen LogP contribution in [-0.2, 0) is 0 Å². The predicted octanol–water partition coefficient (Wildman–Crippen LogP) is 1.98. The average molecular weight is 214 g/mol. The highest BCUT2D eigenvalue weighted by Crippen LogP contribution is 2.15. The highest BCUT2D eigenvalue weighted by Gasteiger charge is 1.97. The summed E-state index contributed by atoms with van der Waals surface area (Å²) in [6, 6.07) is 9.94. The minimum atomic E-state index is 0.416. The van der Waals surface area contributed by atoms with Crippen molar-refractivity contribution in [2.45, 2.75) is 6.92 Å². The molecule has 2 aromatic rings. The lowest BCUT2D eigenvalue weighted by Crippen LogP contribution is -2.22. The van der Waals surface area contributed by atoms with Crippen LogP contribution in [-0.4, -0.2) is 17.5 Å². The number of hydrogen-bond acceptors (Lipinski definition) is 2. The summed E-state index contributed by atoms with van der Waals surface area (Å²) in [7, 11) is 0. The van der Waals surface area contributed by atoms with Crippen LogP contribution >= 0.6 is 0 Å². The van der Waals surface area contributed by atoms with Gasteiger partial charge in [-0.2, -0.15) is 0 Å². The van der Waals surface area contributed by atoms with E-state index in [0.717, 1.165) is 16.6 Å².